The van der Waals surface area contributed by atoms with Crippen LogP contribution in [0.1, 0.15) is 24.4 Å². The molecule has 0 unspecified atom stereocenters. The van der Waals surface area contributed by atoms with Crippen molar-refractivity contribution in [3.8, 4) is 23.0 Å². The Labute approximate surface area is 201 Å². The summed E-state index contributed by atoms with van der Waals surface area (Å²) in [5.41, 5.74) is 0.932. The standard InChI is InChI=1S/C24H24N4O5S/c1-3-10-28-22(21-13-30-17-6-4-5-7-19(17)33-21)26-27-24(28)34-15(2)23(29)25-12-16-8-9-18-20(11-16)32-14-31-18/h3-9,11,15,21H,1,10,12-14H2,2H3,(H,25,29)/t15-,21+/m1/s1. The maximum absolute atomic E-state index is 12.8. The third-order valence-electron chi connectivity index (χ3n) is 5.41. The molecule has 0 aliphatic carbocycles. The van der Waals surface area contributed by atoms with Crippen molar-refractivity contribution < 1.29 is 23.7 Å². The first-order valence-electron chi connectivity index (χ1n) is 10.9. The van der Waals surface area contributed by atoms with Gasteiger partial charge in [-0.3, -0.25) is 9.36 Å². The van der Waals surface area contributed by atoms with Crippen LogP contribution in [-0.4, -0.2) is 39.3 Å². The Bertz CT molecular complexity index is 1210. The number of allylic oxidation sites excluding steroid dienone is 1. The van der Waals surface area contributed by atoms with Crippen molar-refractivity contribution in [3.05, 3.63) is 66.5 Å². The number of nitrogens with one attached hydrogen (secondary N) is 1. The third-order valence-corrected chi connectivity index (χ3v) is 6.49. The number of ether oxygens (including phenoxy) is 4. The van der Waals surface area contributed by atoms with E-state index in [9.17, 15) is 4.79 Å². The Morgan fingerprint density at radius 2 is 1.97 bits per heavy atom. The average molecular weight is 481 g/mol. The average Bonchev–Trinajstić information content (AvgIpc) is 3.49. The fourth-order valence-electron chi connectivity index (χ4n) is 3.67. The van der Waals surface area contributed by atoms with E-state index < -0.39 is 6.10 Å². The number of benzene rings is 2. The number of amides is 1. The zero-order chi connectivity index (χ0) is 23.5. The van der Waals surface area contributed by atoms with Gasteiger partial charge in [0.25, 0.3) is 0 Å². The van der Waals surface area contributed by atoms with E-state index in [4.69, 9.17) is 18.9 Å². The summed E-state index contributed by atoms with van der Waals surface area (Å²) in [6.45, 7) is 7.09. The highest BCUT2D eigenvalue weighted by Crippen LogP contribution is 2.36. The SMILES string of the molecule is C=CCn1c(S[C@H](C)C(=O)NCc2ccc3c(c2)OCO3)nnc1[C@@H]1COc2ccccc2O1. The number of nitrogens with zero attached hydrogens (tertiary/aromatic N) is 3. The van der Waals surface area contributed by atoms with Gasteiger partial charge in [-0.25, -0.2) is 0 Å². The summed E-state index contributed by atoms with van der Waals surface area (Å²) in [6.07, 6.45) is 1.35. The summed E-state index contributed by atoms with van der Waals surface area (Å²) in [6, 6.07) is 13.1. The number of rotatable bonds is 8. The molecule has 9 nitrogen and oxygen atoms in total. The second-order valence-corrected chi connectivity index (χ2v) is 9.08. The van der Waals surface area contributed by atoms with E-state index in [1.165, 1.54) is 11.8 Å². The van der Waals surface area contributed by atoms with Gasteiger partial charge < -0.3 is 24.3 Å². The second kappa shape index (κ2) is 9.68. The fraction of sp³-hybridized carbons (Fsp3) is 0.292. The molecule has 0 radical (unpaired) electrons. The van der Waals surface area contributed by atoms with Gasteiger partial charge in [0.05, 0.1) is 5.25 Å². The van der Waals surface area contributed by atoms with Crippen molar-refractivity contribution in [2.45, 2.75) is 36.5 Å². The summed E-state index contributed by atoms with van der Waals surface area (Å²) in [5.74, 6) is 3.30. The predicted octanol–water partition coefficient (Wildman–Crippen LogP) is 3.50. The normalized spacial score (nSPS) is 16.7. The lowest BCUT2D eigenvalue weighted by Gasteiger charge is -2.26. The molecule has 0 fully saturated rings. The van der Waals surface area contributed by atoms with Crippen LogP contribution >= 0.6 is 11.8 Å². The van der Waals surface area contributed by atoms with Gasteiger partial charge in [0.15, 0.2) is 40.1 Å². The molecule has 0 saturated carbocycles. The Morgan fingerprint density at radius 1 is 1.18 bits per heavy atom. The molecule has 2 atom stereocenters. The highest BCUT2D eigenvalue weighted by Gasteiger charge is 2.29. The van der Waals surface area contributed by atoms with Crippen molar-refractivity contribution in [1.82, 2.24) is 20.1 Å². The van der Waals surface area contributed by atoms with Crippen LogP contribution in [0.25, 0.3) is 0 Å². The van der Waals surface area contributed by atoms with Gasteiger partial charge in [-0.1, -0.05) is 36.0 Å². The molecule has 176 valence electrons. The monoisotopic (exact) mass is 480 g/mol. The van der Waals surface area contributed by atoms with Gasteiger partial charge in [0, 0.05) is 13.1 Å². The number of hydrogen-bond donors (Lipinski definition) is 1. The zero-order valence-electron chi connectivity index (χ0n) is 18.6. The molecule has 2 aliphatic heterocycles. The van der Waals surface area contributed by atoms with E-state index >= 15 is 0 Å². The van der Waals surface area contributed by atoms with Gasteiger partial charge in [-0.05, 0) is 36.8 Å². The third kappa shape index (κ3) is 4.54. The summed E-state index contributed by atoms with van der Waals surface area (Å²) in [4.78, 5) is 12.8. The van der Waals surface area contributed by atoms with Gasteiger partial charge in [0.1, 0.15) is 6.61 Å². The number of carbonyl (C=O) groups is 1. The van der Waals surface area contributed by atoms with Crippen LogP contribution < -0.4 is 24.3 Å². The van der Waals surface area contributed by atoms with E-state index in [1.54, 1.807) is 6.08 Å². The van der Waals surface area contributed by atoms with Crippen molar-refractivity contribution in [2.75, 3.05) is 13.4 Å². The molecule has 5 rings (SSSR count). The molecular weight excluding hydrogens is 456 g/mol. The van der Waals surface area contributed by atoms with Crippen LogP contribution in [0.3, 0.4) is 0 Å². The quantitative estimate of drug-likeness (QED) is 0.387. The molecule has 0 spiro atoms. The fourth-order valence-corrected chi connectivity index (χ4v) is 4.56. The lowest BCUT2D eigenvalue weighted by molar-refractivity contribution is -0.120. The first-order chi connectivity index (χ1) is 16.6. The number of thioether (sulfide) groups is 1. The smallest absolute Gasteiger partial charge is 0.233 e. The molecule has 0 bridgehead atoms. The molecular formula is C24H24N4O5S. The molecule has 1 aromatic heterocycles. The molecule has 2 aliphatic rings. The topological polar surface area (TPSA) is 96.7 Å². The molecule has 2 aromatic carbocycles. The zero-order valence-corrected chi connectivity index (χ0v) is 19.4. The molecule has 3 heterocycles. The Balaban J connectivity index is 1.24. The lowest BCUT2D eigenvalue weighted by Crippen LogP contribution is -2.30. The van der Waals surface area contributed by atoms with Gasteiger partial charge >= 0.3 is 0 Å². The van der Waals surface area contributed by atoms with Crippen LogP contribution in [-0.2, 0) is 17.9 Å². The van der Waals surface area contributed by atoms with Crippen molar-refractivity contribution >= 4 is 17.7 Å². The highest BCUT2D eigenvalue weighted by molar-refractivity contribution is 8.00. The van der Waals surface area contributed by atoms with Crippen LogP contribution in [0.5, 0.6) is 23.0 Å². The predicted molar refractivity (Wildman–Crippen MR) is 125 cm³/mol. The van der Waals surface area contributed by atoms with E-state index in [2.05, 4.69) is 22.1 Å². The summed E-state index contributed by atoms with van der Waals surface area (Å²) in [5, 5.41) is 11.9. The summed E-state index contributed by atoms with van der Waals surface area (Å²) in [7, 11) is 0. The minimum Gasteiger partial charge on any atom is -0.485 e. The summed E-state index contributed by atoms with van der Waals surface area (Å²) >= 11 is 1.33. The Kier molecular flexibility index (Phi) is 6.31. The van der Waals surface area contributed by atoms with Gasteiger partial charge in [-0.2, -0.15) is 0 Å². The van der Waals surface area contributed by atoms with Crippen molar-refractivity contribution in [3.63, 3.8) is 0 Å². The highest BCUT2D eigenvalue weighted by atomic mass is 32.2. The minimum atomic E-state index is -0.410. The van der Waals surface area contributed by atoms with E-state index in [-0.39, 0.29) is 18.0 Å². The Hall–Kier alpha value is -3.66. The number of fused-ring (bicyclic) bond motifs is 2. The van der Waals surface area contributed by atoms with Crippen LogP contribution in [0.2, 0.25) is 0 Å². The van der Waals surface area contributed by atoms with Gasteiger partial charge in [-0.15, -0.1) is 16.8 Å². The number of aromatic nitrogens is 3. The lowest BCUT2D eigenvalue weighted by atomic mass is 10.2. The molecule has 1 N–H and O–H groups in total. The maximum Gasteiger partial charge on any atom is 0.233 e. The van der Waals surface area contributed by atoms with Crippen LogP contribution in [0.15, 0.2) is 60.3 Å². The van der Waals surface area contributed by atoms with E-state index in [0.29, 0.717) is 53.7 Å². The van der Waals surface area contributed by atoms with Crippen molar-refractivity contribution in [1.29, 1.82) is 0 Å². The van der Waals surface area contributed by atoms with Crippen LogP contribution in [0, 0.1) is 0 Å². The van der Waals surface area contributed by atoms with Crippen LogP contribution in [0.4, 0.5) is 0 Å². The van der Waals surface area contributed by atoms with Gasteiger partial charge in [0.2, 0.25) is 12.7 Å². The maximum atomic E-state index is 12.8. The number of para-hydroxylation sites is 2. The van der Waals surface area contributed by atoms with Crippen molar-refractivity contribution in [2.24, 2.45) is 0 Å². The second-order valence-electron chi connectivity index (χ2n) is 7.77. The molecule has 34 heavy (non-hydrogen) atoms. The Morgan fingerprint density at radius 3 is 2.82 bits per heavy atom. The summed E-state index contributed by atoms with van der Waals surface area (Å²) < 4.78 is 24.6. The first kappa shape index (κ1) is 22.1. The molecule has 0 saturated heterocycles. The number of carbonyl (C=O) groups excluding carboxylic acids is 1. The minimum absolute atomic E-state index is 0.108. The molecule has 10 heteroatoms. The van der Waals surface area contributed by atoms with E-state index in [1.807, 2.05) is 54.0 Å². The first-order valence-corrected chi connectivity index (χ1v) is 11.8. The molecule has 3 aromatic rings. The number of hydrogen-bond acceptors (Lipinski definition) is 8. The largest absolute Gasteiger partial charge is 0.485 e. The molecule has 1 amide bonds. The van der Waals surface area contributed by atoms with E-state index in [0.717, 1.165) is 5.56 Å².